The Balaban J connectivity index is 1.80. The molecule has 1 aliphatic heterocycles. The van der Waals surface area contributed by atoms with E-state index in [-0.39, 0.29) is 18.5 Å². The quantitative estimate of drug-likeness (QED) is 0.387. The van der Waals surface area contributed by atoms with Crippen molar-refractivity contribution in [2.45, 2.75) is 52.5 Å². The van der Waals surface area contributed by atoms with Crippen LogP contribution in [0, 0.1) is 11.8 Å². The van der Waals surface area contributed by atoms with Gasteiger partial charge < -0.3 is 16.0 Å². The molecule has 3 amide bonds. The number of nitrogens with one attached hydrogen (secondary N) is 3. The number of carbonyl (C=O) groups is 2. The molecule has 0 bridgehead atoms. The van der Waals surface area contributed by atoms with Crippen LogP contribution in [-0.4, -0.2) is 55.0 Å². The highest BCUT2D eigenvalue weighted by Gasteiger charge is 2.28. The maximum Gasteiger partial charge on any atom is 0.324 e. The van der Waals surface area contributed by atoms with Crippen LogP contribution in [0.25, 0.3) is 0 Å². The minimum Gasteiger partial charge on any atom is -0.357 e. The summed E-state index contributed by atoms with van der Waals surface area (Å²) in [6.07, 6.45) is 4.86. The Morgan fingerprint density at radius 3 is 2.54 bits per heavy atom. The normalized spacial score (nSPS) is 25.2. The summed E-state index contributed by atoms with van der Waals surface area (Å²) in [6.45, 7) is 8.26. The molecule has 0 atom stereocenters. The molecule has 2 aliphatic rings. The van der Waals surface area contributed by atoms with E-state index in [1.807, 2.05) is 6.92 Å². The van der Waals surface area contributed by atoms with E-state index in [2.05, 4.69) is 34.8 Å². The molecular formula is C17H31N5O2. The lowest BCUT2D eigenvalue weighted by atomic mass is 9.80. The first-order valence-corrected chi connectivity index (χ1v) is 9.14. The van der Waals surface area contributed by atoms with Gasteiger partial charge in [0.25, 0.3) is 0 Å². The van der Waals surface area contributed by atoms with Crippen molar-refractivity contribution in [2.24, 2.45) is 16.8 Å². The van der Waals surface area contributed by atoms with Crippen LogP contribution in [0.3, 0.4) is 0 Å². The fourth-order valence-electron chi connectivity index (χ4n) is 3.39. The highest BCUT2D eigenvalue weighted by atomic mass is 16.2. The number of guanidine groups is 1. The predicted molar refractivity (Wildman–Crippen MR) is 94.8 cm³/mol. The van der Waals surface area contributed by atoms with Crippen LogP contribution in [0.15, 0.2) is 4.99 Å². The van der Waals surface area contributed by atoms with Crippen LogP contribution in [-0.2, 0) is 4.79 Å². The third kappa shape index (κ3) is 5.11. The van der Waals surface area contributed by atoms with Gasteiger partial charge in [-0.3, -0.25) is 14.7 Å². The Morgan fingerprint density at radius 1 is 1.29 bits per heavy atom. The van der Waals surface area contributed by atoms with E-state index in [4.69, 9.17) is 0 Å². The van der Waals surface area contributed by atoms with Crippen LogP contribution in [0.2, 0.25) is 0 Å². The van der Waals surface area contributed by atoms with Gasteiger partial charge in [-0.1, -0.05) is 13.8 Å². The van der Waals surface area contributed by atoms with Gasteiger partial charge in [0.15, 0.2) is 5.96 Å². The Labute approximate surface area is 144 Å². The van der Waals surface area contributed by atoms with Gasteiger partial charge in [-0.2, -0.15) is 0 Å². The van der Waals surface area contributed by atoms with Crippen molar-refractivity contribution in [3.63, 3.8) is 0 Å². The average molecular weight is 337 g/mol. The van der Waals surface area contributed by atoms with Gasteiger partial charge in [0.05, 0.1) is 19.6 Å². The molecule has 1 aliphatic carbocycles. The van der Waals surface area contributed by atoms with Gasteiger partial charge in [-0.05, 0) is 44.4 Å². The van der Waals surface area contributed by atoms with E-state index < -0.39 is 0 Å². The number of hydrogen-bond acceptors (Lipinski definition) is 3. The van der Waals surface area contributed by atoms with E-state index >= 15 is 0 Å². The summed E-state index contributed by atoms with van der Waals surface area (Å²) >= 11 is 0. The second kappa shape index (κ2) is 8.89. The summed E-state index contributed by atoms with van der Waals surface area (Å²) in [5.41, 5.74) is 0. The van der Waals surface area contributed by atoms with Crippen molar-refractivity contribution >= 4 is 17.9 Å². The summed E-state index contributed by atoms with van der Waals surface area (Å²) in [5.74, 6) is 2.19. The Bertz CT molecular complexity index is 454. The largest absolute Gasteiger partial charge is 0.357 e. The van der Waals surface area contributed by atoms with Crippen molar-refractivity contribution in [2.75, 3.05) is 26.2 Å². The van der Waals surface area contributed by atoms with Crippen molar-refractivity contribution in [1.82, 2.24) is 20.9 Å². The van der Waals surface area contributed by atoms with E-state index in [1.54, 1.807) is 0 Å². The summed E-state index contributed by atoms with van der Waals surface area (Å²) in [5, 5.41) is 9.26. The molecule has 0 spiro atoms. The molecule has 7 heteroatoms. The van der Waals surface area contributed by atoms with Crippen molar-refractivity contribution in [3.05, 3.63) is 0 Å². The van der Waals surface area contributed by atoms with E-state index in [9.17, 15) is 9.59 Å². The third-order valence-electron chi connectivity index (χ3n) is 4.93. The second-order valence-electron chi connectivity index (χ2n) is 6.96. The molecule has 2 rings (SSSR count). The zero-order chi connectivity index (χ0) is 17.5. The lowest BCUT2D eigenvalue weighted by Gasteiger charge is -2.32. The predicted octanol–water partition coefficient (Wildman–Crippen LogP) is 1.31. The van der Waals surface area contributed by atoms with Crippen LogP contribution >= 0.6 is 0 Å². The first-order chi connectivity index (χ1) is 11.5. The lowest BCUT2D eigenvalue weighted by Crippen LogP contribution is -2.45. The van der Waals surface area contributed by atoms with Crippen LogP contribution in [0.5, 0.6) is 0 Å². The third-order valence-corrected chi connectivity index (χ3v) is 4.93. The molecule has 1 saturated carbocycles. The Hall–Kier alpha value is -1.79. The summed E-state index contributed by atoms with van der Waals surface area (Å²) in [7, 11) is 0. The number of rotatable bonds is 6. The number of imide groups is 1. The van der Waals surface area contributed by atoms with Gasteiger partial charge >= 0.3 is 6.03 Å². The zero-order valence-corrected chi connectivity index (χ0v) is 15.1. The SMILES string of the molecule is CCNC(=NCCN1C(=O)CNC1=O)NC1CCC(C(C)C)CC1. The number of amides is 3. The average Bonchev–Trinajstić information content (AvgIpc) is 2.87. The lowest BCUT2D eigenvalue weighted by molar-refractivity contribution is -0.124. The first kappa shape index (κ1) is 18.5. The fourth-order valence-corrected chi connectivity index (χ4v) is 3.39. The summed E-state index contributed by atoms with van der Waals surface area (Å²) in [6, 6.07) is 0.134. The number of nitrogens with zero attached hydrogens (tertiary/aromatic N) is 2. The number of hydrogen-bond donors (Lipinski definition) is 3. The van der Waals surface area contributed by atoms with Gasteiger partial charge in [-0.15, -0.1) is 0 Å². The first-order valence-electron chi connectivity index (χ1n) is 9.14. The number of aliphatic imine (C=N–C) groups is 1. The summed E-state index contributed by atoms with van der Waals surface area (Å²) in [4.78, 5) is 28.8. The van der Waals surface area contributed by atoms with Gasteiger partial charge in [0.1, 0.15) is 0 Å². The molecule has 136 valence electrons. The van der Waals surface area contributed by atoms with E-state index in [1.165, 1.54) is 30.6 Å². The van der Waals surface area contributed by atoms with Gasteiger partial charge in [0.2, 0.25) is 5.91 Å². The molecule has 7 nitrogen and oxygen atoms in total. The zero-order valence-electron chi connectivity index (χ0n) is 15.1. The molecule has 0 radical (unpaired) electrons. The highest BCUT2D eigenvalue weighted by Crippen LogP contribution is 2.29. The molecule has 24 heavy (non-hydrogen) atoms. The van der Waals surface area contributed by atoms with Crippen molar-refractivity contribution in [3.8, 4) is 0 Å². The van der Waals surface area contributed by atoms with Gasteiger partial charge in [-0.25, -0.2) is 4.79 Å². The molecule has 1 saturated heterocycles. The van der Waals surface area contributed by atoms with Gasteiger partial charge in [0, 0.05) is 12.6 Å². The van der Waals surface area contributed by atoms with Crippen molar-refractivity contribution < 1.29 is 9.59 Å². The molecule has 3 N–H and O–H groups in total. The fraction of sp³-hybridized carbons (Fsp3) is 0.824. The minimum absolute atomic E-state index is 0.0972. The maximum atomic E-state index is 11.6. The number of carbonyl (C=O) groups excluding carboxylic acids is 2. The molecule has 0 aromatic heterocycles. The molecule has 0 aromatic carbocycles. The van der Waals surface area contributed by atoms with E-state index in [0.717, 1.165) is 24.3 Å². The van der Waals surface area contributed by atoms with E-state index in [0.29, 0.717) is 19.1 Å². The maximum absolute atomic E-state index is 11.6. The summed E-state index contributed by atoms with van der Waals surface area (Å²) < 4.78 is 0. The smallest absolute Gasteiger partial charge is 0.324 e. The van der Waals surface area contributed by atoms with Crippen LogP contribution in [0.1, 0.15) is 46.5 Å². The number of urea groups is 1. The minimum atomic E-state index is -0.319. The molecule has 0 unspecified atom stereocenters. The Morgan fingerprint density at radius 2 is 2.00 bits per heavy atom. The Kier molecular flexibility index (Phi) is 6.87. The highest BCUT2D eigenvalue weighted by molar-refractivity contribution is 6.01. The van der Waals surface area contributed by atoms with Crippen LogP contribution < -0.4 is 16.0 Å². The molecule has 1 heterocycles. The van der Waals surface area contributed by atoms with Crippen molar-refractivity contribution in [1.29, 1.82) is 0 Å². The second-order valence-corrected chi connectivity index (χ2v) is 6.96. The standard InChI is InChI=1S/C17H31N5O2/c1-4-18-16(19-9-10-22-15(23)11-20-17(22)24)21-14-7-5-13(6-8-14)12(2)3/h12-14H,4-11H2,1-3H3,(H,20,24)(H2,18,19,21). The molecule has 2 fully saturated rings. The topological polar surface area (TPSA) is 85.8 Å². The molecular weight excluding hydrogens is 306 g/mol. The monoisotopic (exact) mass is 337 g/mol. The molecule has 0 aromatic rings. The van der Waals surface area contributed by atoms with Crippen LogP contribution in [0.4, 0.5) is 4.79 Å².